The minimum atomic E-state index is -4.65. The molecule has 0 bridgehead atoms. The van der Waals surface area contributed by atoms with E-state index in [1.54, 1.807) is 0 Å². The molecule has 19 heavy (non-hydrogen) atoms. The molecule has 0 aliphatic heterocycles. The molecule has 0 fully saturated rings. The van der Waals surface area contributed by atoms with Crippen LogP contribution in [0.2, 0.25) is 0 Å². The number of fused-ring (bicyclic) bond motifs is 1. The van der Waals surface area contributed by atoms with Gasteiger partial charge in [0.15, 0.2) is 0 Å². The summed E-state index contributed by atoms with van der Waals surface area (Å²) in [6, 6.07) is 1.89. The molecule has 0 atom stereocenters. The van der Waals surface area contributed by atoms with Crippen LogP contribution in [0.5, 0.6) is 11.8 Å². The highest BCUT2D eigenvalue weighted by Gasteiger charge is 2.35. The maximum atomic E-state index is 13.7. The maximum absolute atomic E-state index is 13.7. The van der Waals surface area contributed by atoms with Gasteiger partial charge in [-0.3, -0.25) is 0 Å². The lowest BCUT2D eigenvalue weighted by molar-refractivity contribution is -0.137. The van der Waals surface area contributed by atoms with E-state index in [4.69, 9.17) is 0 Å². The van der Waals surface area contributed by atoms with Gasteiger partial charge in [-0.1, -0.05) is 0 Å². The van der Waals surface area contributed by atoms with Crippen LogP contribution in [-0.4, -0.2) is 14.8 Å². The predicted octanol–water partition coefficient (Wildman–Crippen LogP) is 2.95. The minimum absolute atomic E-state index is 0.324. The van der Waals surface area contributed by atoms with Crippen LogP contribution in [0.3, 0.4) is 0 Å². The Bertz CT molecular complexity index is 663. The Balaban J connectivity index is 2.12. The number of nitrogens with zero attached hydrogens (tertiary/aromatic N) is 1. The van der Waals surface area contributed by atoms with E-state index in [0.29, 0.717) is 29.7 Å². The Labute approximate surface area is 104 Å². The van der Waals surface area contributed by atoms with Gasteiger partial charge < -0.3 is 10.2 Å². The first-order valence-corrected chi connectivity index (χ1v) is 5.32. The predicted molar refractivity (Wildman–Crippen MR) is 56.9 cm³/mol. The van der Waals surface area contributed by atoms with E-state index in [1.807, 2.05) is 0 Å². The first kappa shape index (κ1) is 11.9. The van der Waals surface area contributed by atoms with Crippen molar-refractivity contribution in [1.82, 2.24) is 4.57 Å². The summed E-state index contributed by atoms with van der Waals surface area (Å²) in [5, 5.41) is 19.4. The van der Waals surface area contributed by atoms with Gasteiger partial charge in [0.05, 0.1) is 11.3 Å². The minimum Gasteiger partial charge on any atom is -0.494 e. The molecule has 0 amide bonds. The van der Waals surface area contributed by atoms with Gasteiger partial charge in [-0.05, 0) is 18.2 Å². The van der Waals surface area contributed by atoms with E-state index in [2.05, 4.69) is 0 Å². The quantitative estimate of drug-likeness (QED) is 0.669. The fourth-order valence-corrected chi connectivity index (χ4v) is 2.02. The summed E-state index contributed by atoms with van der Waals surface area (Å²) >= 11 is 0. The van der Waals surface area contributed by atoms with Crippen LogP contribution in [0.4, 0.5) is 17.6 Å². The van der Waals surface area contributed by atoms with Gasteiger partial charge in [0.25, 0.3) is 0 Å². The lowest BCUT2D eigenvalue weighted by atomic mass is 10.2. The number of hydrogen-bond acceptors (Lipinski definition) is 2. The van der Waals surface area contributed by atoms with E-state index < -0.39 is 17.6 Å². The summed E-state index contributed by atoms with van der Waals surface area (Å²) in [6.45, 7) is 0. The maximum Gasteiger partial charge on any atom is 0.416 e. The Morgan fingerprint density at radius 1 is 1.05 bits per heavy atom. The number of rotatable bonds is 1. The number of aromatic hydroxyl groups is 2. The first-order valence-electron chi connectivity index (χ1n) is 5.32. The fraction of sp³-hybridized carbons (Fsp3) is 0.167. The van der Waals surface area contributed by atoms with Crippen molar-refractivity contribution < 1.29 is 27.8 Å². The van der Waals surface area contributed by atoms with E-state index in [9.17, 15) is 27.8 Å². The zero-order valence-electron chi connectivity index (χ0n) is 9.29. The van der Waals surface area contributed by atoms with Gasteiger partial charge in [-0.25, -0.2) is 8.96 Å². The molecule has 0 unspecified atom stereocenters. The number of alkyl halides is 3. The molecular weight excluding hydrogens is 266 g/mol. The molecule has 3 nitrogen and oxygen atoms in total. The molecule has 2 aromatic rings. The molecule has 0 saturated carbocycles. The van der Waals surface area contributed by atoms with Gasteiger partial charge in [0.1, 0.15) is 5.82 Å². The lowest BCUT2D eigenvalue weighted by Gasteiger charge is -2.12. The Hall–Kier alpha value is -2.18. The molecule has 100 valence electrons. The van der Waals surface area contributed by atoms with Crippen molar-refractivity contribution in [3.8, 4) is 17.4 Å². The standard InChI is InChI=1S/C12H7F4NO2/c13-8-3-5(12(14,15)16)1-2-9(8)17-10(18)6-4-7(6)11(17)19/h1-3,18-19H,4H2. The molecule has 1 aliphatic carbocycles. The van der Waals surface area contributed by atoms with Gasteiger partial charge >= 0.3 is 6.18 Å². The number of aromatic nitrogens is 1. The lowest BCUT2D eigenvalue weighted by Crippen LogP contribution is -2.07. The smallest absolute Gasteiger partial charge is 0.416 e. The van der Waals surface area contributed by atoms with Crippen molar-refractivity contribution in [3.05, 3.63) is 40.7 Å². The highest BCUT2D eigenvalue weighted by atomic mass is 19.4. The largest absolute Gasteiger partial charge is 0.494 e. The van der Waals surface area contributed by atoms with Crippen molar-refractivity contribution >= 4 is 0 Å². The van der Waals surface area contributed by atoms with Gasteiger partial charge in [0.2, 0.25) is 11.8 Å². The van der Waals surface area contributed by atoms with Crippen LogP contribution >= 0.6 is 0 Å². The molecule has 7 heteroatoms. The van der Waals surface area contributed by atoms with Crippen molar-refractivity contribution in [3.63, 3.8) is 0 Å². The summed E-state index contributed by atoms with van der Waals surface area (Å²) < 4.78 is 51.7. The van der Waals surface area contributed by atoms with E-state index in [0.717, 1.165) is 10.6 Å². The molecular formula is C12H7F4NO2. The van der Waals surface area contributed by atoms with Crippen LogP contribution in [0, 0.1) is 5.82 Å². The normalized spacial score (nSPS) is 13.5. The second-order valence-corrected chi connectivity index (χ2v) is 4.28. The SMILES string of the molecule is Oc1c2c(c(O)n1-c1ccc(C(F)(F)F)cc1F)C2. The van der Waals surface area contributed by atoms with Crippen molar-refractivity contribution in [2.45, 2.75) is 12.6 Å². The third kappa shape index (κ3) is 1.65. The molecule has 3 rings (SSSR count). The molecule has 1 aliphatic rings. The number of halogens is 4. The first-order chi connectivity index (χ1) is 8.80. The summed E-state index contributed by atoms with van der Waals surface area (Å²) in [5.74, 6) is -1.85. The van der Waals surface area contributed by atoms with Crippen LogP contribution in [-0.2, 0) is 12.6 Å². The molecule has 0 saturated heterocycles. The zero-order chi connectivity index (χ0) is 13.9. The Morgan fingerprint density at radius 3 is 2.11 bits per heavy atom. The number of benzene rings is 1. The highest BCUT2D eigenvalue weighted by Crippen LogP contribution is 2.48. The van der Waals surface area contributed by atoms with Crippen LogP contribution in [0.25, 0.3) is 5.69 Å². The second kappa shape index (κ2) is 3.43. The Kier molecular flexibility index (Phi) is 2.15. The van der Waals surface area contributed by atoms with Gasteiger partial charge in [0, 0.05) is 17.5 Å². The topological polar surface area (TPSA) is 45.4 Å². The fourth-order valence-electron chi connectivity index (χ4n) is 2.02. The average Bonchev–Trinajstić information content (AvgIpc) is 3.05. The third-order valence-electron chi connectivity index (χ3n) is 3.07. The molecule has 1 aromatic heterocycles. The van der Waals surface area contributed by atoms with Crippen molar-refractivity contribution in [2.24, 2.45) is 0 Å². The van der Waals surface area contributed by atoms with E-state index >= 15 is 0 Å². The second-order valence-electron chi connectivity index (χ2n) is 4.28. The van der Waals surface area contributed by atoms with Crippen molar-refractivity contribution in [2.75, 3.05) is 0 Å². The summed E-state index contributed by atoms with van der Waals surface area (Å²) in [5.41, 5.74) is -0.485. The highest BCUT2D eigenvalue weighted by molar-refractivity contribution is 5.63. The summed E-state index contributed by atoms with van der Waals surface area (Å²) in [7, 11) is 0. The van der Waals surface area contributed by atoms with Crippen LogP contribution in [0.1, 0.15) is 16.7 Å². The van der Waals surface area contributed by atoms with E-state index in [-0.39, 0.29) is 17.4 Å². The molecule has 1 heterocycles. The Morgan fingerprint density at radius 2 is 1.63 bits per heavy atom. The zero-order valence-corrected chi connectivity index (χ0v) is 9.29. The molecule has 0 spiro atoms. The summed E-state index contributed by atoms with van der Waals surface area (Å²) in [6.07, 6.45) is -4.23. The van der Waals surface area contributed by atoms with Crippen LogP contribution < -0.4 is 0 Å². The average molecular weight is 273 g/mol. The summed E-state index contributed by atoms with van der Waals surface area (Å²) in [4.78, 5) is 0. The van der Waals surface area contributed by atoms with Crippen molar-refractivity contribution in [1.29, 1.82) is 0 Å². The van der Waals surface area contributed by atoms with E-state index in [1.165, 1.54) is 0 Å². The van der Waals surface area contributed by atoms with Gasteiger partial charge in [-0.2, -0.15) is 13.2 Å². The number of hydrogen-bond donors (Lipinski definition) is 2. The molecule has 0 radical (unpaired) electrons. The van der Waals surface area contributed by atoms with Crippen LogP contribution in [0.15, 0.2) is 18.2 Å². The molecule has 1 aromatic carbocycles. The third-order valence-corrected chi connectivity index (χ3v) is 3.07. The van der Waals surface area contributed by atoms with Gasteiger partial charge in [-0.15, -0.1) is 0 Å². The monoisotopic (exact) mass is 273 g/mol. The molecule has 2 N–H and O–H groups in total.